The smallest absolute Gasteiger partial charge is 0.292 e. The molecule has 1 atom stereocenters. The van der Waals surface area contributed by atoms with Crippen molar-refractivity contribution in [3.05, 3.63) is 29.5 Å². The van der Waals surface area contributed by atoms with Crippen molar-refractivity contribution in [2.24, 2.45) is 0 Å². The summed E-state index contributed by atoms with van der Waals surface area (Å²) in [7, 11) is 0. The molecule has 0 N–H and O–H groups in total. The monoisotopic (exact) mass is 262 g/mol. The lowest BCUT2D eigenvalue weighted by Crippen LogP contribution is -2.36. The van der Waals surface area contributed by atoms with E-state index in [9.17, 15) is 4.79 Å². The Morgan fingerprint density at radius 3 is 2.95 bits per heavy atom. The van der Waals surface area contributed by atoms with E-state index in [1.807, 2.05) is 18.7 Å². The van der Waals surface area contributed by atoms with E-state index >= 15 is 0 Å². The number of hydrogen-bond acceptors (Lipinski definition) is 3. The van der Waals surface area contributed by atoms with Gasteiger partial charge in [0.15, 0.2) is 5.89 Å². The molecule has 0 fully saturated rings. The number of carbonyl (C=O) groups excluding carboxylic acids is 1. The van der Waals surface area contributed by atoms with Crippen molar-refractivity contribution in [2.45, 2.75) is 52.5 Å². The first kappa shape index (κ1) is 13.8. The molecular weight excluding hydrogens is 240 g/mol. The molecular formula is C15H22N2O2. The fraction of sp³-hybridized carbons (Fsp3) is 0.600. The highest BCUT2D eigenvalue weighted by molar-refractivity contribution is 5.93. The third-order valence-electron chi connectivity index (χ3n) is 3.51. The molecule has 1 unspecified atom stereocenters. The van der Waals surface area contributed by atoms with Gasteiger partial charge >= 0.3 is 0 Å². The minimum absolute atomic E-state index is 0.0317. The Morgan fingerprint density at radius 2 is 2.32 bits per heavy atom. The molecule has 1 amide bonds. The number of hydrogen-bond donors (Lipinski definition) is 0. The summed E-state index contributed by atoms with van der Waals surface area (Å²) in [5.74, 6) is 1.01. The van der Waals surface area contributed by atoms with Crippen molar-refractivity contribution >= 4 is 5.91 Å². The Bertz CT molecular complexity index is 476. The molecule has 1 aromatic heterocycles. The van der Waals surface area contributed by atoms with Crippen molar-refractivity contribution in [1.82, 2.24) is 9.88 Å². The Hall–Kier alpha value is -1.58. The van der Waals surface area contributed by atoms with Gasteiger partial charge in [-0.3, -0.25) is 4.79 Å². The average molecular weight is 262 g/mol. The van der Waals surface area contributed by atoms with Gasteiger partial charge in [-0.15, -0.1) is 0 Å². The van der Waals surface area contributed by atoms with Gasteiger partial charge in [-0.1, -0.05) is 38.8 Å². The first-order valence-corrected chi connectivity index (χ1v) is 7.11. The van der Waals surface area contributed by atoms with Crippen LogP contribution in [0, 0.1) is 6.92 Å². The molecule has 2 rings (SSSR count). The third kappa shape index (κ3) is 2.88. The standard InChI is InChI=1S/C15H22N2O2/c1-4-6-8-12-9-7-10-17(12)15(18)14-11(3)16-13(5-2)19-14/h7,9,12H,4-6,8,10H2,1-3H3. The van der Waals surface area contributed by atoms with Crippen LogP contribution in [0.1, 0.15) is 55.2 Å². The van der Waals surface area contributed by atoms with Crippen molar-refractivity contribution in [2.75, 3.05) is 6.54 Å². The van der Waals surface area contributed by atoms with Crippen molar-refractivity contribution in [1.29, 1.82) is 0 Å². The summed E-state index contributed by atoms with van der Waals surface area (Å²) >= 11 is 0. The average Bonchev–Trinajstić information content (AvgIpc) is 3.01. The van der Waals surface area contributed by atoms with Gasteiger partial charge in [0.1, 0.15) is 0 Å². The molecule has 1 aliphatic heterocycles. The predicted molar refractivity (Wildman–Crippen MR) is 74.1 cm³/mol. The zero-order valence-corrected chi connectivity index (χ0v) is 12.0. The van der Waals surface area contributed by atoms with Crippen molar-refractivity contribution < 1.29 is 9.21 Å². The molecule has 0 saturated heterocycles. The number of aromatic nitrogens is 1. The van der Waals surface area contributed by atoms with Crippen LogP contribution in [0.5, 0.6) is 0 Å². The highest BCUT2D eigenvalue weighted by Crippen LogP contribution is 2.21. The Balaban J connectivity index is 2.12. The molecule has 19 heavy (non-hydrogen) atoms. The van der Waals surface area contributed by atoms with Crippen LogP contribution < -0.4 is 0 Å². The predicted octanol–water partition coefficient (Wildman–Crippen LogP) is 3.12. The minimum Gasteiger partial charge on any atom is -0.435 e. The molecule has 0 aliphatic carbocycles. The Kier molecular flexibility index (Phi) is 4.40. The van der Waals surface area contributed by atoms with E-state index < -0.39 is 0 Å². The second-order valence-corrected chi connectivity index (χ2v) is 4.97. The van der Waals surface area contributed by atoms with E-state index in [0.717, 1.165) is 19.3 Å². The van der Waals surface area contributed by atoms with Crippen LogP contribution in [0.15, 0.2) is 16.6 Å². The number of carbonyl (C=O) groups is 1. The molecule has 4 nitrogen and oxygen atoms in total. The summed E-state index contributed by atoms with van der Waals surface area (Å²) in [5, 5.41) is 0. The third-order valence-corrected chi connectivity index (χ3v) is 3.51. The van der Waals surface area contributed by atoms with Crippen molar-refractivity contribution in [3.63, 3.8) is 0 Å². The summed E-state index contributed by atoms with van der Waals surface area (Å²) in [6.07, 6.45) is 8.20. The van der Waals surface area contributed by atoms with Crippen LogP contribution in [0.2, 0.25) is 0 Å². The van der Waals surface area contributed by atoms with Gasteiger partial charge in [-0.05, 0) is 13.3 Å². The zero-order chi connectivity index (χ0) is 13.8. The second-order valence-electron chi connectivity index (χ2n) is 4.97. The molecule has 4 heteroatoms. The summed E-state index contributed by atoms with van der Waals surface area (Å²) in [4.78, 5) is 18.7. The van der Waals surface area contributed by atoms with Gasteiger partial charge in [0.05, 0.1) is 11.7 Å². The molecule has 0 spiro atoms. The zero-order valence-electron chi connectivity index (χ0n) is 12.0. The van der Waals surface area contributed by atoms with Gasteiger partial charge in [-0.2, -0.15) is 0 Å². The maximum atomic E-state index is 12.5. The Morgan fingerprint density at radius 1 is 1.53 bits per heavy atom. The number of oxazole rings is 1. The van der Waals surface area contributed by atoms with Crippen LogP contribution >= 0.6 is 0 Å². The fourth-order valence-corrected chi connectivity index (χ4v) is 2.40. The second kappa shape index (κ2) is 6.04. The van der Waals surface area contributed by atoms with Crippen LogP contribution in [-0.2, 0) is 6.42 Å². The lowest BCUT2D eigenvalue weighted by atomic mass is 10.1. The van der Waals surface area contributed by atoms with E-state index in [-0.39, 0.29) is 11.9 Å². The summed E-state index contributed by atoms with van der Waals surface area (Å²) < 4.78 is 5.56. The topological polar surface area (TPSA) is 46.3 Å². The quantitative estimate of drug-likeness (QED) is 0.766. The van der Waals surface area contributed by atoms with E-state index in [4.69, 9.17) is 4.42 Å². The maximum Gasteiger partial charge on any atom is 0.292 e. The number of amides is 1. The first-order valence-electron chi connectivity index (χ1n) is 7.11. The Labute approximate surface area is 114 Å². The van der Waals surface area contributed by atoms with Gasteiger partial charge in [0, 0.05) is 13.0 Å². The lowest BCUT2D eigenvalue weighted by molar-refractivity contribution is 0.0708. The van der Waals surface area contributed by atoms with Crippen molar-refractivity contribution in [3.8, 4) is 0 Å². The van der Waals surface area contributed by atoms with Gasteiger partial charge in [0.2, 0.25) is 5.76 Å². The number of aryl methyl sites for hydroxylation is 2. The molecule has 0 aromatic carbocycles. The number of unbranched alkanes of at least 4 members (excludes halogenated alkanes) is 1. The fourth-order valence-electron chi connectivity index (χ4n) is 2.40. The highest BCUT2D eigenvalue weighted by Gasteiger charge is 2.29. The van der Waals surface area contributed by atoms with Crippen LogP contribution in [0.3, 0.4) is 0 Å². The molecule has 104 valence electrons. The van der Waals surface area contributed by atoms with Crippen LogP contribution in [0.4, 0.5) is 0 Å². The SMILES string of the molecule is CCCCC1C=CCN1C(=O)c1oc(CC)nc1C. The van der Waals surface area contributed by atoms with E-state index in [1.54, 1.807) is 0 Å². The first-order chi connectivity index (χ1) is 9.17. The molecule has 0 saturated carbocycles. The van der Waals surface area contributed by atoms with E-state index in [0.29, 0.717) is 30.3 Å². The molecule has 1 aromatic rings. The van der Waals surface area contributed by atoms with Crippen LogP contribution in [0.25, 0.3) is 0 Å². The summed E-state index contributed by atoms with van der Waals surface area (Å²) in [5.41, 5.74) is 0.697. The summed E-state index contributed by atoms with van der Waals surface area (Å²) in [6, 6.07) is 0.210. The van der Waals surface area contributed by atoms with Gasteiger partial charge in [-0.25, -0.2) is 4.98 Å². The van der Waals surface area contributed by atoms with Gasteiger partial charge in [0.25, 0.3) is 5.91 Å². The van der Waals surface area contributed by atoms with E-state index in [2.05, 4.69) is 24.1 Å². The van der Waals surface area contributed by atoms with Crippen LogP contribution in [-0.4, -0.2) is 28.4 Å². The molecule has 0 bridgehead atoms. The minimum atomic E-state index is -0.0317. The highest BCUT2D eigenvalue weighted by atomic mass is 16.4. The largest absolute Gasteiger partial charge is 0.435 e. The maximum absolute atomic E-state index is 12.5. The number of nitrogens with zero attached hydrogens (tertiary/aromatic N) is 2. The van der Waals surface area contributed by atoms with Gasteiger partial charge < -0.3 is 9.32 Å². The summed E-state index contributed by atoms with van der Waals surface area (Å²) in [6.45, 7) is 6.65. The molecule has 1 aliphatic rings. The lowest BCUT2D eigenvalue weighted by Gasteiger charge is -2.23. The number of rotatable bonds is 5. The molecule has 2 heterocycles. The molecule has 0 radical (unpaired) electrons. The van der Waals surface area contributed by atoms with E-state index in [1.165, 1.54) is 0 Å². The normalized spacial score (nSPS) is 18.3.